The van der Waals surface area contributed by atoms with E-state index in [0.717, 1.165) is 30.8 Å². The Morgan fingerprint density at radius 3 is 2.88 bits per heavy atom. The molecule has 86 valence electrons. The Balaban J connectivity index is 2.30. The Hall–Kier alpha value is -1.55. The monoisotopic (exact) mass is 221 g/mol. The fraction of sp³-hybridized carbons (Fsp3) is 0.417. The summed E-state index contributed by atoms with van der Waals surface area (Å²) in [6, 6.07) is 8.15. The van der Waals surface area contributed by atoms with Gasteiger partial charge in [0.15, 0.2) is 5.52 Å². The number of aromatic nitrogens is 2. The van der Waals surface area contributed by atoms with E-state index in [9.17, 15) is 0 Å². The SMILES string of the molecule is CCOCC[n+]1cn(OC)c2ccccc21. The summed E-state index contributed by atoms with van der Waals surface area (Å²) in [5.41, 5.74) is 2.23. The van der Waals surface area contributed by atoms with Crippen molar-refractivity contribution in [2.75, 3.05) is 20.3 Å². The van der Waals surface area contributed by atoms with Gasteiger partial charge in [-0.3, -0.25) is 0 Å². The van der Waals surface area contributed by atoms with Gasteiger partial charge in [-0.05, 0) is 23.8 Å². The van der Waals surface area contributed by atoms with Crippen LogP contribution in [0.5, 0.6) is 0 Å². The zero-order valence-electron chi connectivity index (χ0n) is 9.72. The molecule has 1 aromatic carbocycles. The lowest BCUT2D eigenvalue weighted by molar-refractivity contribution is -0.675. The molecule has 0 saturated carbocycles. The Kier molecular flexibility index (Phi) is 3.41. The lowest BCUT2D eigenvalue weighted by Crippen LogP contribution is -2.35. The molecule has 0 atom stereocenters. The van der Waals surface area contributed by atoms with Gasteiger partial charge >= 0.3 is 0 Å². The predicted octanol–water partition coefficient (Wildman–Crippen LogP) is 1.02. The van der Waals surface area contributed by atoms with E-state index >= 15 is 0 Å². The van der Waals surface area contributed by atoms with Crippen molar-refractivity contribution in [3.8, 4) is 0 Å². The molecule has 0 N–H and O–H groups in total. The molecule has 1 heterocycles. The van der Waals surface area contributed by atoms with Crippen LogP contribution in [0.2, 0.25) is 0 Å². The van der Waals surface area contributed by atoms with Gasteiger partial charge in [0.05, 0.1) is 6.61 Å². The summed E-state index contributed by atoms with van der Waals surface area (Å²) in [5.74, 6) is 0. The van der Waals surface area contributed by atoms with Gasteiger partial charge in [0.2, 0.25) is 5.52 Å². The lowest BCUT2D eigenvalue weighted by atomic mass is 10.3. The lowest BCUT2D eigenvalue weighted by Gasteiger charge is -1.97. The smallest absolute Gasteiger partial charge is 0.285 e. The number of nitrogens with zero attached hydrogens (tertiary/aromatic N) is 2. The molecule has 0 saturated heterocycles. The Labute approximate surface area is 95.0 Å². The first-order valence-corrected chi connectivity index (χ1v) is 5.48. The Morgan fingerprint density at radius 2 is 2.12 bits per heavy atom. The van der Waals surface area contributed by atoms with Crippen molar-refractivity contribution in [2.45, 2.75) is 13.5 Å². The third-order valence-electron chi connectivity index (χ3n) is 2.55. The Morgan fingerprint density at radius 1 is 1.31 bits per heavy atom. The van der Waals surface area contributed by atoms with Crippen LogP contribution in [0.4, 0.5) is 0 Å². The van der Waals surface area contributed by atoms with Crippen LogP contribution < -0.4 is 9.40 Å². The van der Waals surface area contributed by atoms with Gasteiger partial charge in [-0.15, -0.1) is 0 Å². The van der Waals surface area contributed by atoms with Crippen molar-refractivity contribution in [3.63, 3.8) is 0 Å². The molecule has 4 heteroatoms. The number of hydrogen-bond acceptors (Lipinski definition) is 2. The first kappa shape index (κ1) is 11.0. The average Bonchev–Trinajstić information content (AvgIpc) is 2.68. The van der Waals surface area contributed by atoms with Crippen LogP contribution in [0.15, 0.2) is 30.6 Å². The second kappa shape index (κ2) is 4.99. The minimum atomic E-state index is 0.721. The summed E-state index contributed by atoms with van der Waals surface area (Å²) >= 11 is 0. The van der Waals surface area contributed by atoms with E-state index in [1.54, 1.807) is 11.8 Å². The van der Waals surface area contributed by atoms with Crippen LogP contribution in [-0.2, 0) is 11.3 Å². The molecule has 0 aliphatic carbocycles. The van der Waals surface area contributed by atoms with E-state index < -0.39 is 0 Å². The number of rotatable bonds is 5. The molecular formula is C12H17N2O2+. The van der Waals surface area contributed by atoms with Gasteiger partial charge in [-0.1, -0.05) is 12.1 Å². The molecule has 4 nitrogen and oxygen atoms in total. The van der Waals surface area contributed by atoms with Crippen LogP contribution in [0.25, 0.3) is 11.0 Å². The number of para-hydroxylation sites is 2. The highest BCUT2D eigenvalue weighted by atomic mass is 16.6. The summed E-state index contributed by atoms with van der Waals surface area (Å²) in [6.07, 6.45) is 1.95. The summed E-state index contributed by atoms with van der Waals surface area (Å²) in [4.78, 5) is 5.27. The molecule has 0 bridgehead atoms. The summed E-state index contributed by atoms with van der Waals surface area (Å²) in [7, 11) is 1.67. The summed E-state index contributed by atoms with van der Waals surface area (Å²) in [6.45, 7) is 4.32. The number of fused-ring (bicyclic) bond motifs is 1. The van der Waals surface area contributed by atoms with Crippen molar-refractivity contribution >= 4 is 11.0 Å². The van der Waals surface area contributed by atoms with Gasteiger partial charge in [0, 0.05) is 6.61 Å². The maximum atomic E-state index is 5.36. The average molecular weight is 221 g/mol. The van der Waals surface area contributed by atoms with Gasteiger partial charge in [-0.25, -0.2) is 4.57 Å². The van der Waals surface area contributed by atoms with E-state index in [-0.39, 0.29) is 0 Å². The van der Waals surface area contributed by atoms with Crippen LogP contribution in [0.3, 0.4) is 0 Å². The number of benzene rings is 1. The van der Waals surface area contributed by atoms with E-state index in [1.807, 2.05) is 31.5 Å². The normalized spacial score (nSPS) is 10.9. The molecule has 0 radical (unpaired) electrons. The van der Waals surface area contributed by atoms with E-state index in [0.29, 0.717) is 0 Å². The van der Waals surface area contributed by atoms with Gasteiger partial charge in [-0.2, -0.15) is 0 Å². The zero-order valence-corrected chi connectivity index (χ0v) is 9.72. The highest BCUT2D eigenvalue weighted by Crippen LogP contribution is 2.08. The summed E-state index contributed by atoms with van der Waals surface area (Å²) in [5, 5.41) is 0. The van der Waals surface area contributed by atoms with Crippen LogP contribution in [0.1, 0.15) is 6.92 Å². The van der Waals surface area contributed by atoms with Crippen molar-refractivity contribution in [2.24, 2.45) is 0 Å². The molecule has 1 aromatic heterocycles. The fourth-order valence-corrected chi connectivity index (χ4v) is 1.78. The van der Waals surface area contributed by atoms with Crippen molar-refractivity contribution in [1.82, 2.24) is 4.73 Å². The molecule has 0 amide bonds. The molecular weight excluding hydrogens is 204 g/mol. The van der Waals surface area contributed by atoms with Crippen LogP contribution >= 0.6 is 0 Å². The van der Waals surface area contributed by atoms with Crippen LogP contribution in [0, 0.1) is 0 Å². The molecule has 16 heavy (non-hydrogen) atoms. The molecule has 0 spiro atoms. The zero-order chi connectivity index (χ0) is 11.4. The number of ether oxygens (including phenoxy) is 1. The molecule has 2 rings (SSSR count). The van der Waals surface area contributed by atoms with Crippen molar-refractivity contribution < 1.29 is 14.1 Å². The van der Waals surface area contributed by atoms with Gasteiger partial charge in [0.25, 0.3) is 6.33 Å². The maximum absolute atomic E-state index is 5.36. The fourth-order valence-electron chi connectivity index (χ4n) is 1.78. The topological polar surface area (TPSA) is 27.3 Å². The molecule has 0 unspecified atom stereocenters. The quantitative estimate of drug-likeness (QED) is 0.557. The highest BCUT2D eigenvalue weighted by molar-refractivity contribution is 5.71. The second-order valence-corrected chi connectivity index (χ2v) is 3.50. The van der Waals surface area contributed by atoms with E-state index in [4.69, 9.17) is 9.57 Å². The predicted molar refractivity (Wildman–Crippen MR) is 61.1 cm³/mol. The van der Waals surface area contributed by atoms with Gasteiger partial charge < -0.3 is 9.57 Å². The largest absolute Gasteiger partial charge is 0.378 e. The first-order valence-electron chi connectivity index (χ1n) is 5.48. The second-order valence-electron chi connectivity index (χ2n) is 3.50. The minimum Gasteiger partial charge on any atom is -0.378 e. The molecule has 2 aromatic rings. The highest BCUT2D eigenvalue weighted by Gasteiger charge is 2.14. The maximum Gasteiger partial charge on any atom is 0.285 e. The molecule has 0 aliphatic heterocycles. The minimum absolute atomic E-state index is 0.721. The third kappa shape index (κ3) is 2.02. The summed E-state index contributed by atoms with van der Waals surface area (Å²) < 4.78 is 9.26. The third-order valence-corrected chi connectivity index (χ3v) is 2.55. The molecule has 0 fully saturated rings. The number of imidazole rings is 1. The van der Waals surface area contributed by atoms with E-state index in [1.165, 1.54) is 0 Å². The van der Waals surface area contributed by atoms with Crippen molar-refractivity contribution in [1.29, 1.82) is 0 Å². The standard InChI is InChI=1S/C12H17N2O2/c1-3-16-9-8-13-10-14(15-2)12-7-5-4-6-11(12)13/h4-7,10H,3,8-9H2,1-2H3/q+1. The van der Waals surface area contributed by atoms with Gasteiger partial charge in [0.1, 0.15) is 13.7 Å². The number of hydrogen-bond donors (Lipinski definition) is 0. The van der Waals surface area contributed by atoms with E-state index in [2.05, 4.69) is 10.6 Å². The van der Waals surface area contributed by atoms with Crippen LogP contribution in [-0.4, -0.2) is 25.1 Å². The molecule has 0 aliphatic rings. The first-order chi connectivity index (χ1) is 7.86. The Bertz CT molecular complexity index is 465. The van der Waals surface area contributed by atoms with Crippen molar-refractivity contribution in [3.05, 3.63) is 30.6 Å².